The molecule has 0 radical (unpaired) electrons. The number of rotatable bonds is 66. The maximum absolute atomic E-state index is 13.0. The number of ether oxygens (including phenoxy) is 4. The van der Waals surface area contributed by atoms with Gasteiger partial charge in [-0.15, -0.1) is 0 Å². The van der Waals surface area contributed by atoms with Crippen molar-refractivity contribution in [1.29, 1.82) is 0 Å². The van der Waals surface area contributed by atoms with Gasteiger partial charge >= 0.3 is 39.5 Å². The van der Waals surface area contributed by atoms with E-state index < -0.39 is 97.5 Å². The molecule has 0 saturated carbocycles. The highest BCUT2D eigenvalue weighted by Gasteiger charge is 2.30. The second kappa shape index (κ2) is 58.8. The van der Waals surface area contributed by atoms with Gasteiger partial charge in [-0.25, -0.2) is 9.13 Å². The van der Waals surface area contributed by atoms with E-state index in [2.05, 4.69) is 55.4 Å². The number of phosphoric ester groups is 2. The molecular weight excluding hydrogens is 1160 g/mol. The molecule has 0 aromatic heterocycles. The van der Waals surface area contributed by atoms with Crippen molar-refractivity contribution in [1.82, 2.24) is 0 Å². The van der Waals surface area contributed by atoms with E-state index in [0.717, 1.165) is 126 Å². The standard InChI is InChI=1S/C69H134O17P2/c1-9-60(6)46-38-30-23-26-33-41-49-66(71)79-55-64(85-68(73)51-43-35-22-20-18-16-14-12-13-15-17-19-21-29-37-45-59(4)5)57-83-87(75,76)81-53-63(70)54-82-88(77,78)84-58-65(86-69(74)52-44-36-28-25-32-40-48-62(8)11-3)56-80-67(72)50-42-34-27-24-31-39-47-61(7)10-2/h59-65,70H,9-58H2,1-8H3,(H,75,76)(H,77,78)/t60?,61?,62?,63-,64+,65+/m0/s1. The van der Waals surface area contributed by atoms with Gasteiger partial charge in [0, 0.05) is 25.7 Å². The molecule has 0 heterocycles. The molecule has 19 heteroatoms. The van der Waals surface area contributed by atoms with Gasteiger partial charge in [-0.05, 0) is 49.4 Å². The molecule has 0 aliphatic rings. The summed E-state index contributed by atoms with van der Waals surface area (Å²) in [5.74, 6) is 0.849. The van der Waals surface area contributed by atoms with Crippen LogP contribution in [0.25, 0.3) is 0 Å². The first-order valence-corrected chi connectivity index (χ1v) is 38.8. The van der Waals surface area contributed by atoms with Gasteiger partial charge in [-0.1, -0.05) is 287 Å². The Balaban J connectivity index is 5.22. The maximum atomic E-state index is 13.0. The molecule has 0 aromatic rings. The van der Waals surface area contributed by atoms with E-state index in [4.69, 9.17) is 37.0 Å². The Kier molecular flexibility index (Phi) is 57.6. The number of aliphatic hydroxyl groups excluding tert-OH is 1. The predicted octanol–water partition coefficient (Wildman–Crippen LogP) is 19.3. The second-order valence-corrected chi connectivity index (χ2v) is 29.0. The fourth-order valence-corrected chi connectivity index (χ4v) is 11.8. The van der Waals surface area contributed by atoms with E-state index in [-0.39, 0.29) is 25.7 Å². The molecule has 5 unspecified atom stereocenters. The molecular formula is C69H134O17P2. The first kappa shape index (κ1) is 86.1. The molecule has 0 bridgehead atoms. The van der Waals surface area contributed by atoms with Gasteiger partial charge in [0.1, 0.15) is 19.3 Å². The fraction of sp³-hybridized carbons (Fsp3) is 0.942. The molecule has 0 rings (SSSR count). The summed E-state index contributed by atoms with van der Waals surface area (Å²) in [6.07, 6.45) is 40.5. The van der Waals surface area contributed by atoms with Crippen LogP contribution in [0.4, 0.5) is 0 Å². The molecule has 0 aromatic carbocycles. The zero-order chi connectivity index (χ0) is 65.4. The zero-order valence-electron chi connectivity index (χ0n) is 57.3. The number of unbranched alkanes of at least 4 members (excludes halogenated alkanes) is 29. The van der Waals surface area contributed by atoms with Crippen LogP contribution in [0.15, 0.2) is 0 Å². The lowest BCUT2D eigenvalue weighted by Gasteiger charge is -2.21. The first-order valence-electron chi connectivity index (χ1n) is 35.8. The topological polar surface area (TPSA) is 237 Å². The summed E-state index contributed by atoms with van der Waals surface area (Å²) in [6, 6.07) is 0. The summed E-state index contributed by atoms with van der Waals surface area (Å²) in [5.41, 5.74) is 0. The van der Waals surface area contributed by atoms with Gasteiger partial charge in [0.05, 0.1) is 26.4 Å². The minimum atomic E-state index is -4.95. The zero-order valence-corrected chi connectivity index (χ0v) is 59.1. The van der Waals surface area contributed by atoms with Crippen LogP contribution in [0.5, 0.6) is 0 Å². The largest absolute Gasteiger partial charge is 0.472 e. The number of carbonyl (C=O) groups excluding carboxylic acids is 4. The third kappa shape index (κ3) is 59.1. The molecule has 522 valence electrons. The number of phosphoric acid groups is 2. The van der Waals surface area contributed by atoms with Crippen molar-refractivity contribution in [2.45, 2.75) is 356 Å². The van der Waals surface area contributed by atoms with Crippen LogP contribution in [0.1, 0.15) is 338 Å². The lowest BCUT2D eigenvalue weighted by Crippen LogP contribution is -2.30. The fourth-order valence-electron chi connectivity index (χ4n) is 10.2. The van der Waals surface area contributed by atoms with Crippen molar-refractivity contribution >= 4 is 39.5 Å². The highest BCUT2D eigenvalue weighted by Crippen LogP contribution is 2.45. The third-order valence-corrected chi connectivity index (χ3v) is 18.8. The summed E-state index contributed by atoms with van der Waals surface area (Å²) in [7, 11) is -9.90. The van der Waals surface area contributed by atoms with Crippen LogP contribution < -0.4 is 0 Å². The van der Waals surface area contributed by atoms with Crippen molar-refractivity contribution in [3.05, 3.63) is 0 Å². The summed E-state index contributed by atoms with van der Waals surface area (Å²) < 4.78 is 68.2. The molecule has 3 N–H and O–H groups in total. The third-order valence-electron chi connectivity index (χ3n) is 16.9. The van der Waals surface area contributed by atoms with E-state index in [1.165, 1.54) is 128 Å². The van der Waals surface area contributed by atoms with Crippen molar-refractivity contribution in [3.8, 4) is 0 Å². The smallest absolute Gasteiger partial charge is 0.462 e. The van der Waals surface area contributed by atoms with Crippen LogP contribution in [-0.2, 0) is 65.4 Å². The van der Waals surface area contributed by atoms with Crippen LogP contribution in [0.3, 0.4) is 0 Å². The van der Waals surface area contributed by atoms with Crippen molar-refractivity contribution < 1.29 is 80.2 Å². The minimum absolute atomic E-state index is 0.101. The molecule has 0 amide bonds. The highest BCUT2D eigenvalue weighted by molar-refractivity contribution is 7.47. The Hall–Kier alpha value is -1.94. The summed E-state index contributed by atoms with van der Waals surface area (Å²) in [4.78, 5) is 72.4. The second-order valence-electron chi connectivity index (χ2n) is 26.1. The van der Waals surface area contributed by atoms with E-state index in [9.17, 15) is 43.2 Å². The lowest BCUT2D eigenvalue weighted by molar-refractivity contribution is -0.161. The SMILES string of the molecule is CCC(C)CCCCCCCCC(=O)OC[C@H](COP(=O)(O)OC[C@H](O)COP(=O)(O)OC[C@@H](COC(=O)CCCCCCCCC(C)CC)OC(=O)CCCCCCCCC(C)CC)OC(=O)CCCCCCCCCCCCCCCCCC(C)C. The van der Waals surface area contributed by atoms with E-state index in [1.54, 1.807) is 0 Å². The highest BCUT2D eigenvalue weighted by atomic mass is 31.2. The first-order chi connectivity index (χ1) is 42.2. The monoisotopic (exact) mass is 1300 g/mol. The Morgan fingerprint density at radius 3 is 0.807 bits per heavy atom. The van der Waals surface area contributed by atoms with Crippen molar-refractivity contribution in [2.75, 3.05) is 39.6 Å². The van der Waals surface area contributed by atoms with E-state index in [0.29, 0.717) is 25.7 Å². The van der Waals surface area contributed by atoms with Gasteiger partial charge in [0.25, 0.3) is 0 Å². The van der Waals surface area contributed by atoms with Crippen molar-refractivity contribution in [2.24, 2.45) is 23.7 Å². The number of esters is 4. The average Bonchev–Trinajstić information content (AvgIpc) is 3.62. The summed E-state index contributed by atoms with van der Waals surface area (Å²) in [6.45, 7) is 14.0. The van der Waals surface area contributed by atoms with Gasteiger partial charge in [-0.2, -0.15) is 0 Å². The Bertz CT molecular complexity index is 1750. The van der Waals surface area contributed by atoms with E-state index >= 15 is 0 Å². The predicted molar refractivity (Wildman–Crippen MR) is 354 cm³/mol. The molecule has 17 nitrogen and oxygen atoms in total. The number of hydrogen-bond acceptors (Lipinski definition) is 15. The quantitative estimate of drug-likeness (QED) is 0.0222. The normalized spacial score (nSPS) is 15.2. The lowest BCUT2D eigenvalue weighted by atomic mass is 10.00. The van der Waals surface area contributed by atoms with Gasteiger partial charge in [0.15, 0.2) is 12.2 Å². The van der Waals surface area contributed by atoms with Crippen LogP contribution >= 0.6 is 15.6 Å². The van der Waals surface area contributed by atoms with Gasteiger partial charge < -0.3 is 33.8 Å². The summed E-state index contributed by atoms with van der Waals surface area (Å²) >= 11 is 0. The van der Waals surface area contributed by atoms with Gasteiger partial charge in [0.2, 0.25) is 0 Å². The van der Waals surface area contributed by atoms with Crippen LogP contribution in [-0.4, -0.2) is 96.7 Å². The Morgan fingerprint density at radius 2 is 0.545 bits per heavy atom. The molecule has 0 saturated heterocycles. The molecule has 0 aliphatic carbocycles. The molecule has 0 fully saturated rings. The van der Waals surface area contributed by atoms with Crippen LogP contribution in [0, 0.1) is 23.7 Å². The van der Waals surface area contributed by atoms with Crippen molar-refractivity contribution in [3.63, 3.8) is 0 Å². The summed E-state index contributed by atoms with van der Waals surface area (Å²) in [5, 5.41) is 10.6. The molecule has 88 heavy (non-hydrogen) atoms. The number of aliphatic hydroxyl groups is 1. The van der Waals surface area contributed by atoms with Crippen LogP contribution in [0.2, 0.25) is 0 Å². The number of hydrogen-bond donors (Lipinski definition) is 3. The Labute approximate surface area is 537 Å². The van der Waals surface area contributed by atoms with Gasteiger partial charge in [-0.3, -0.25) is 37.3 Å². The molecule has 0 spiro atoms. The maximum Gasteiger partial charge on any atom is 0.472 e. The molecule has 8 atom stereocenters. The minimum Gasteiger partial charge on any atom is -0.462 e. The Morgan fingerprint density at radius 1 is 0.318 bits per heavy atom. The van der Waals surface area contributed by atoms with E-state index in [1.807, 2.05) is 0 Å². The molecule has 0 aliphatic heterocycles. The number of carbonyl (C=O) groups is 4. The average molecular weight is 1300 g/mol.